The van der Waals surface area contributed by atoms with Crippen LogP contribution in [-0.2, 0) is 6.61 Å². The number of aromatic nitrogens is 3. The van der Waals surface area contributed by atoms with E-state index in [2.05, 4.69) is 31.9 Å². The summed E-state index contributed by atoms with van der Waals surface area (Å²) in [6.45, 7) is 2.02. The van der Waals surface area contributed by atoms with Gasteiger partial charge in [0, 0.05) is 0 Å². The average molecular weight is 322 g/mol. The average Bonchev–Trinajstić information content (AvgIpc) is 2.93. The lowest BCUT2D eigenvalue weighted by Crippen LogP contribution is -2.39. The van der Waals surface area contributed by atoms with E-state index in [0.717, 1.165) is 10.6 Å². The standard InChI is InChI=1S/C12H12ClN7O2/c1-7-4-2-3-5-9(7)22-6-8-10(13)14-17-15-11(8)20-12(21)16-18-19-20/h2-5,18-19H,6H2,1H3,(H,16,21). The molecular formula is C12H12ClN7O2. The fraction of sp³-hybridized carbons (Fsp3) is 0.167. The summed E-state index contributed by atoms with van der Waals surface area (Å²) < 4.78 is 5.74. The molecule has 10 heteroatoms. The molecule has 0 atom stereocenters. The van der Waals surface area contributed by atoms with Crippen LogP contribution in [0.1, 0.15) is 11.1 Å². The molecule has 2 heterocycles. The number of halogens is 1. The Bertz CT molecular complexity index is 712. The second kappa shape index (κ2) is 6.10. The van der Waals surface area contributed by atoms with Gasteiger partial charge in [-0.3, -0.25) is 5.43 Å². The van der Waals surface area contributed by atoms with E-state index in [0.29, 0.717) is 11.3 Å². The van der Waals surface area contributed by atoms with Crippen molar-refractivity contribution < 1.29 is 9.53 Å². The molecule has 2 aromatic rings. The highest BCUT2D eigenvalue weighted by atomic mass is 35.5. The fourth-order valence-corrected chi connectivity index (χ4v) is 2.06. The molecule has 1 fully saturated rings. The lowest BCUT2D eigenvalue weighted by molar-refractivity contribution is 0.250. The van der Waals surface area contributed by atoms with Crippen LogP contribution in [0, 0.1) is 6.92 Å². The maximum atomic E-state index is 11.7. The molecule has 0 aliphatic carbocycles. The smallest absolute Gasteiger partial charge is 0.354 e. The summed E-state index contributed by atoms with van der Waals surface area (Å²) >= 11 is 6.06. The molecule has 114 valence electrons. The van der Waals surface area contributed by atoms with Crippen molar-refractivity contribution in [1.29, 1.82) is 0 Å². The number of nitrogens with one attached hydrogen (secondary N) is 3. The van der Waals surface area contributed by atoms with Gasteiger partial charge in [0.25, 0.3) is 0 Å². The lowest BCUT2D eigenvalue weighted by atomic mass is 10.2. The Balaban J connectivity index is 1.87. The predicted octanol–water partition coefficient (Wildman–Crippen LogP) is 0.866. The minimum absolute atomic E-state index is 0.0903. The zero-order valence-electron chi connectivity index (χ0n) is 11.5. The van der Waals surface area contributed by atoms with E-state index in [1.54, 1.807) is 0 Å². The number of carbonyl (C=O) groups excluding carboxylic acids is 1. The highest BCUT2D eigenvalue weighted by Crippen LogP contribution is 2.25. The van der Waals surface area contributed by atoms with Crippen molar-refractivity contribution >= 4 is 23.4 Å². The lowest BCUT2D eigenvalue weighted by Gasteiger charge is -2.16. The molecule has 3 rings (SSSR count). The summed E-state index contributed by atoms with van der Waals surface area (Å²) in [4.78, 5) is 11.7. The Labute approximate surface area is 130 Å². The molecule has 0 radical (unpaired) electrons. The van der Waals surface area contributed by atoms with Crippen LogP contribution in [0.25, 0.3) is 0 Å². The minimum Gasteiger partial charge on any atom is -0.488 e. The van der Waals surface area contributed by atoms with E-state index in [1.165, 1.54) is 0 Å². The number of anilines is 1. The third-order valence-corrected chi connectivity index (χ3v) is 3.31. The van der Waals surface area contributed by atoms with Gasteiger partial charge in [-0.2, -0.15) is 5.01 Å². The van der Waals surface area contributed by atoms with Crippen molar-refractivity contribution in [2.45, 2.75) is 13.5 Å². The van der Waals surface area contributed by atoms with Crippen LogP contribution in [-0.4, -0.2) is 21.4 Å². The molecule has 1 aliphatic heterocycles. The van der Waals surface area contributed by atoms with Gasteiger partial charge in [-0.05, 0) is 23.8 Å². The molecule has 3 N–H and O–H groups in total. The number of nitrogens with zero attached hydrogens (tertiary/aromatic N) is 4. The van der Waals surface area contributed by atoms with Crippen LogP contribution in [0.2, 0.25) is 5.15 Å². The van der Waals surface area contributed by atoms with Crippen molar-refractivity contribution in [3.8, 4) is 5.75 Å². The first-order chi connectivity index (χ1) is 10.7. The summed E-state index contributed by atoms with van der Waals surface area (Å²) in [5.74, 6) is 0.911. The first kappa shape index (κ1) is 14.4. The number of urea groups is 1. The van der Waals surface area contributed by atoms with E-state index in [1.807, 2.05) is 31.2 Å². The van der Waals surface area contributed by atoms with E-state index < -0.39 is 6.03 Å². The SMILES string of the molecule is Cc1ccccc1OCc1c(Cl)nnnc1N1NNNC1=O. The number of hydrogen-bond donors (Lipinski definition) is 3. The summed E-state index contributed by atoms with van der Waals surface area (Å²) in [5.41, 5.74) is 8.80. The minimum atomic E-state index is -0.450. The van der Waals surface area contributed by atoms with Gasteiger partial charge in [0.2, 0.25) is 0 Å². The van der Waals surface area contributed by atoms with Crippen molar-refractivity contribution in [3.05, 3.63) is 40.5 Å². The highest BCUT2D eigenvalue weighted by molar-refractivity contribution is 6.30. The normalized spacial score (nSPS) is 14.1. The van der Waals surface area contributed by atoms with Gasteiger partial charge < -0.3 is 4.74 Å². The largest absolute Gasteiger partial charge is 0.488 e. The zero-order valence-corrected chi connectivity index (χ0v) is 12.3. The third kappa shape index (κ3) is 2.77. The van der Waals surface area contributed by atoms with Gasteiger partial charge in [0.15, 0.2) is 11.0 Å². The molecule has 22 heavy (non-hydrogen) atoms. The Morgan fingerprint density at radius 3 is 2.86 bits per heavy atom. The number of hydrazine groups is 3. The molecular weight excluding hydrogens is 310 g/mol. The second-order valence-corrected chi connectivity index (χ2v) is 4.80. The summed E-state index contributed by atoms with van der Waals surface area (Å²) in [5, 5.41) is 12.3. The number of rotatable bonds is 4. The number of benzene rings is 1. The van der Waals surface area contributed by atoms with E-state index in [4.69, 9.17) is 16.3 Å². The zero-order chi connectivity index (χ0) is 15.5. The van der Waals surface area contributed by atoms with Crippen molar-refractivity contribution in [3.63, 3.8) is 0 Å². The second-order valence-electron chi connectivity index (χ2n) is 4.44. The van der Waals surface area contributed by atoms with Crippen LogP contribution in [0.3, 0.4) is 0 Å². The maximum Gasteiger partial charge on any atom is 0.354 e. The van der Waals surface area contributed by atoms with Gasteiger partial charge >= 0.3 is 6.03 Å². The van der Waals surface area contributed by atoms with Crippen LogP contribution in [0.4, 0.5) is 10.6 Å². The van der Waals surface area contributed by atoms with E-state index in [9.17, 15) is 4.79 Å². The molecule has 1 saturated heterocycles. The van der Waals surface area contributed by atoms with E-state index in [-0.39, 0.29) is 17.6 Å². The van der Waals surface area contributed by atoms with Gasteiger partial charge in [-0.25, -0.2) is 4.79 Å². The Hall–Kier alpha value is -2.49. The molecule has 0 saturated carbocycles. The Morgan fingerprint density at radius 1 is 1.32 bits per heavy atom. The van der Waals surface area contributed by atoms with Crippen LogP contribution < -0.4 is 26.2 Å². The van der Waals surface area contributed by atoms with Crippen molar-refractivity contribution in [1.82, 2.24) is 31.9 Å². The molecule has 1 aromatic heterocycles. The Morgan fingerprint density at radius 2 is 2.14 bits per heavy atom. The quantitative estimate of drug-likeness (QED) is 0.767. The summed E-state index contributed by atoms with van der Waals surface area (Å²) in [7, 11) is 0. The van der Waals surface area contributed by atoms with Gasteiger partial charge in [0.05, 0.1) is 5.56 Å². The number of aryl methyl sites for hydroxylation is 1. The molecule has 9 nitrogen and oxygen atoms in total. The van der Waals surface area contributed by atoms with E-state index >= 15 is 0 Å². The number of hydrogen-bond acceptors (Lipinski definition) is 7. The summed E-state index contributed by atoms with van der Waals surface area (Å²) in [6.07, 6.45) is 0. The Kier molecular flexibility index (Phi) is 4.00. The molecule has 0 unspecified atom stereocenters. The topological polar surface area (TPSA) is 104 Å². The van der Waals surface area contributed by atoms with Crippen LogP contribution >= 0.6 is 11.6 Å². The van der Waals surface area contributed by atoms with Crippen LogP contribution in [0.15, 0.2) is 24.3 Å². The van der Waals surface area contributed by atoms with Gasteiger partial charge in [-0.1, -0.05) is 29.8 Å². The number of para-hydroxylation sites is 1. The number of carbonyl (C=O) groups is 1. The van der Waals surface area contributed by atoms with Gasteiger partial charge in [-0.15, -0.1) is 21.3 Å². The molecule has 1 aliphatic rings. The van der Waals surface area contributed by atoms with Gasteiger partial charge in [0.1, 0.15) is 12.4 Å². The first-order valence-electron chi connectivity index (χ1n) is 6.33. The molecule has 0 spiro atoms. The predicted molar refractivity (Wildman–Crippen MR) is 77.6 cm³/mol. The number of ether oxygens (including phenoxy) is 1. The third-order valence-electron chi connectivity index (χ3n) is 3.01. The number of amides is 2. The maximum absolute atomic E-state index is 11.7. The summed E-state index contributed by atoms with van der Waals surface area (Å²) in [6, 6.07) is 7.11. The van der Waals surface area contributed by atoms with Crippen LogP contribution in [0.5, 0.6) is 5.75 Å². The van der Waals surface area contributed by atoms with Crippen molar-refractivity contribution in [2.24, 2.45) is 0 Å². The molecule has 2 amide bonds. The molecule has 1 aromatic carbocycles. The molecule has 0 bridgehead atoms. The highest BCUT2D eigenvalue weighted by Gasteiger charge is 2.27. The monoisotopic (exact) mass is 321 g/mol. The van der Waals surface area contributed by atoms with Crippen molar-refractivity contribution in [2.75, 3.05) is 5.01 Å². The first-order valence-corrected chi connectivity index (χ1v) is 6.71. The fourth-order valence-electron chi connectivity index (χ4n) is 1.88.